The molecule has 2 N–H and O–H groups in total. The zero-order chi connectivity index (χ0) is 12.3. The average molecular weight is 238 g/mol. The predicted molar refractivity (Wildman–Crippen MR) is 74.1 cm³/mol. The van der Waals surface area contributed by atoms with Gasteiger partial charge in [-0.3, -0.25) is 4.90 Å². The van der Waals surface area contributed by atoms with E-state index in [1.807, 2.05) is 0 Å². The fourth-order valence-corrected chi connectivity index (χ4v) is 3.28. The van der Waals surface area contributed by atoms with Crippen LogP contribution < -0.4 is 5.73 Å². The Kier molecular flexibility index (Phi) is 4.48. The summed E-state index contributed by atoms with van der Waals surface area (Å²) in [4.78, 5) is 2.73. The van der Waals surface area contributed by atoms with E-state index in [2.05, 4.69) is 18.7 Å². The first-order valence-corrected chi connectivity index (χ1v) is 7.62. The Morgan fingerprint density at radius 3 is 2.29 bits per heavy atom. The van der Waals surface area contributed by atoms with Crippen LogP contribution in [0.4, 0.5) is 0 Å². The molecule has 0 atom stereocenters. The van der Waals surface area contributed by atoms with Crippen molar-refractivity contribution in [1.29, 1.82) is 0 Å². The molecular formula is C15H30N2. The van der Waals surface area contributed by atoms with Gasteiger partial charge in [0.1, 0.15) is 0 Å². The molecule has 0 aromatic rings. The topological polar surface area (TPSA) is 29.3 Å². The van der Waals surface area contributed by atoms with Crippen LogP contribution in [0.1, 0.15) is 65.2 Å². The summed E-state index contributed by atoms with van der Waals surface area (Å²) in [5.74, 6) is 0.814. The Bertz CT molecular complexity index is 227. The molecule has 100 valence electrons. The fraction of sp³-hybridized carbons (Fsp3) is 1.00. The third kappa shape index (κ3) is 3.69. The monoisotopic (exact) mass is 238 g/mol. The van der Waals surface area contributed by atoms with Crippen LogP contribution in [-0.4, -0.2) is 29.6 Å². The maximum absolute atomic E-state index is 6.44. The van der Waals surface area contributed by atoms with Crippen LogP contribution in [0, 0.1) is 5.92 Å². The van der Waals surface area contributed by atoms with E-state index < -0.39 is 0 Å². The molecule has 0 aliphatic heterocycles. The molecule has 2 saturated carbocycles. The van der Waals surface area contributed by atoms with Crippen molar-refractivity contribution in [3.63, 3.8) is 0 Å². The van der Waals surface area contributed by atoms with Gasteiger partial charge in [0.2, 0.25) is 0 Å². The van der Waals surface area contributed by atoms with E-state index in [0.29, 0.717) is 0 Å². The molecule has 2 rings (SSSR count). The maximum Gasteiger partial charge on any atom is 0.0283 e. The Hall–Kier alpha value is -0.0800. The lowest BCUT2D eigenvalue weighted by Crippen LogP contribution is -2.56. The van der Waals surface area contributed by atoms with E-state index in [-0.39, 0.29) is 5.54 Å². The zero-order valence-electron chi connectivity index (χ0n) is 11.8. The lowest BCUT2D eigenvalue weighted by Gasteiger charge is -2.44. The van der Waals surface area contributed by atoms with Crippen molar-refractivity contribution in [2.75, 3.05) is 13.1 Å². The minimum atomic E-state index is 0.166. The van der Waals surface area contributed by atoms with E-state index >= 15 is 0 Å². The molecule has 0 aromatic heterocycles. The highest BCUT2D eigenvalue weighted by Gasteiger charge is 2.36. The highest BCUT2D eigenvalue weighted by molar-refractivity contribution is 4.96. The van der Waals surface area contributed by atoms with Crippen molar-refractivity contribution in [3.8, 4) is 0 Å². The van der Waals surface area contributed by atoms with Gasteiger partial charge in [0.25, 0.3) is 0 Å². The number of nitrogens with two attached hydrogens (primary N) is 1. The van der Waals surface area contributed by atoms with Gasteiger partial charge in [-0.05, 0) is 51.0 Å². The molecule has 2 aliphatic carbocycles. The normalized spacial score (nSPS) is 24.5. The van der Waals surface area contributed by atoms with E-state index in [1.165, 1.54) is 57.9 Å². The quantitative estimate of drug-likeness (QED) is 0.770. The van der Waals surface area contributed by atoms with Crippen molar-refractivity contribution < 1.29 is 0 Å². The molecule has 2 heteroatoms. The Morgan fingerprint density at radius 2 is 1.82 bits per heavy atom. The first-order chi connectivity index (χ1) is 8.09. The van der Waals surface area contributed by atoms with Gasteiger partial charge in [-0.1, -0.05) is 26.7 Å². The van der Waals surface area contributed by atoms with Crippen LogP contribution in [0.5, 0.6) is 0 Å². The van der Waals surface area contributed by atoms with Crippen molar-refractivity contribution in [2.24, 2.45) is 11.7 Å². The van der Waals surface area contributed by atoms with Gasteiger partial charge in [0.15, 0.2) is 0 Å². The molecule has 0 heterocycles. The predicted octanol–water partition coefficient (Wildman–Crippen LogP) is 3.16. The van der Waals surface area contributed by atoms with Crippen molar-refractivity contribution in [2.45, 2.75) is 76.8 Å². The lowest BCUT2D eigenvalue weighted by atomic mass is 9.77. The molecule has 0 aromatic carbocycles. The first kappa shape index (κ1) is 13.4. The molecule has 0 radical (unpaired) electrons. The molecular weight excluding hydrogens is 208 g/mol. The van der Waals surface area contributed by atoms with Crippen LogP contribution in [0.15, 0.2) is 0 Å². The molecule has 0 amide bonds. The van der Waals surface area contributed by atoms with Crippen LogP contribution >= 0.6 is 0 Å². The summed E-state index contributed by atoms with van der Waals surface area (Å²) in [6, 6.07) is 0.842. The van der Waals surface area contributed by atoms with Gasteiger partial charge in [-0.2, -0.15) is 0 Å². The fourth-order valence-electron chi connectivity index (χ4n) is 3.28. The maximum atomic E-state index is 6.44. The van der Waals surface area contributed by atoms with Gasteiger partial charge < -0.3 is 5.73 Å². The van der Waals surface area contributed by atoms with Gasteiger partial charge in [0.05, 0.1) is 0 Å². The zero-order valence-corrected chi connectivity index (χ0v) is 11.8. The third-order valence-corrected chi connectivity index (χ3v) is 4.70. The number of rotatable bonds is 6. The second-order valence-electron chi connectivity index (χ2n) is 6.81. The number of hydrogen-bond acceptors (Lipinski definition) is 2. The largest absolute Gasteiger partial charge is 0.324 e. The van der Waals surface area contributed by atoms with Gasteiger partial charge in [0, 0.05) is 18.1 Å². The summed E-state index contributed by atoms with van der Waals surface area (Å²) in [5.41, 5.74) is 6.60. The van der Waals surface area contributed by atoms with E-state index in [4.69, 9.17) is 5.73 Å². The van der Waals surface area contributed by atoms with Gasteiger partial charge >= 0.3 is 0 Å². The van der Waals surface area contributed by atoms with Crippen LogP contribution in [0.2, 0.25) is 0 Å². The second-order valence-corrected chi connectivity index (χ2v) is 6.81. The van der Waals surface area contributed by atoms with E-state index in [0.717, 1.165) is 18.5 Å². The van der Waals surface area contributed by atoms with E-state index in [1.54, 1.807) is 0 Å². The van der Waals surface area contributed by atoms with Crippen molar-refractivity contribution >= 4 is 0 Å². The highest BCUT2D eigenvalue weighted by atomic mass is 15.2. The molecule has 2 aliphatic rings. The highest BCUT2D eigenvalue weighted by Crippen LogP contribution is 2.33. The Morgan fingerprint density at radius 1 is 1.18 bits per heavy atom. The number of hydrogen-bond donors (Lipinski definition) is 1. The van der Waals surface area contributed by atoms with Crippen LogP contribution in [0.25, 0.3) is 0 Å². The molecule has 0 bridgehead atoms. The molecule has 0 saturated heterocycles. The summed E-state index contributed by atoms with van der Waals surface area (Å²) in [5, 5.41) is 0. The Labute approximate surface area is 107 Å². The molecule has 0 unspecified atom stereocenters. The second kappa shape index (κ2) is 5.71. The molecule has 17 heavy (non-hydrogen) atoms. The standard InChI is InChI=1S/C15H30N2/c1-13(2)8-11-17(14-6-3-4-7-14)12-15(16)9-5-10-15/h13-14H,3-12,16H2,1-2H3. The summed E-state index contributed by atoms with van der Waals surface area (Å²) < 4.78 is 0. The minimum absolute atomic E-state index is 0.166. The summed E-state index contributed by atoms with van der Waals surface area (Å²) in [6.45, 7) is 7.08. The molecule has 0 spiro atoms. The number of nitrogens with zero attached hydrogens (tertiary/aromatic N) is 1. The first-order valence-electron chi connectivity index (χ1n) is 7.62. The van der Waals surface area contributed by atoms with Gasteiger partial charge in [-0.25, -0.2) is 0 Å². The minimum Gasteiger partial charge on any atom is -0.324 e. The molecule has 2 fully saturated rings. The van der Waals surface area contributed by atoms with Gasteiger partial charge in [-0.15, -0.1) is 0 Å². The summed E-state index contributed by atoms with van der Waals surface area (Å²) in [7, 11) is 0. The SMILES string of the molecule is CC(C)CCN(CC1(N)CCC1)C1CCCC1. The lowest BCUT2D eigenvalue weighted by molar-refractivity contribution is 0.105. The Balaban J connectivity index is 1.86. The average Bonchev–Trinajstić information content (AvgIpc) is 2.74. The van der Waals surface area contributed by atoms with E-state index in [9.17, 15) is 0 Å². The van der Waals surface area contributed by atoms with Crippen LogP contribution in [-0.2, 0) is 0 Å². The summed E-state index contributed by atoms with van der Waals surface area (Å²) in [6.07, 6.45) is 10.9. The summed E-state index contributed by atoms with van der Waals surface area (Å²) >= 11 is 0. The van der Waals surface area contributed by atoms with Crippen LogP contribution in [0.3, 0.4) is 0 Å². The van der Waals surface area contributed by atoms with Crippen molar-refractivity contribution in [1.82, 2.24) is 4.90 Å². The third-order valence-electron chi connectivity index (χ3n) is 4.70. The smallest absolute Gasteiger partial charge is 0.0283 e. The van der Waals surface area contributed by atoms with Crippen molar-refractivity contribution in [3.05, 3.63) is 0 Å². The molecule has 2 nitrogen and oxygen atoms in total.